The number of hydrogen-bond donors (Lipinski definition) is 1. The standard InChI is InChI=1S/C16H12F3N3OS/c17-16(18,19)11-5-4-6-12(9-11)22-14(20-21-15(22)24)10-23-13-7-2-1-3-8-13/h1-9H,10H2,(H,21,24). The predicted molar refractivity (Wildman–Crippen MR) is 84.5 cm³/mol. The fourth-order valence-corrected chi connectivity index (χ4v) is 2.44. The fraction of sp³-hybridized carbons (Fsp3) is 0.125. The van der Waals surface area contributed by atoms with Crippen molar-refractivity contribution in [2.24, 2.45) is 0 Å². The SMILES string of the molecule is FC(F)(F)c1cccc(-n2c(COc3ccccc3)n[nH]c2=S)c1. The lowest BCUT2D eigenvalue weighted by molar-refractivity contribution is -0.137. The normalized spacial score (nSPS) is 11.5. The van der Waals surface area contributed by atoms with Gasteiger partial charge in [0.25, 0.3) is 0 Å². The molecule has 0 atom stereocenters. The molecule has 0 aliphatic carbocycles. The number of halogens is 3. The maximum absolute atomic E-state index is 12.9. The van der Waals surface area contributed by atoms with E-state index < -0.39 is 11.7 Å². The average Bonchev–Trinajstić information content (AvgIpc) is 2.94. The van der Waals surface area contributed by atoms with Crippen LogP contribution in [0.4, 0.5) is 13.2 Å². The van der Waals surface area contributed by atoms with Crippen LogP contribution in [0.25, 0.3) is 5.69 Å². The van der Waals surface area contributed by atoms with Gasteiger partial charge in [0, 0.05) is 0 Å². The van der Waals surface area contributed by atoms with Crippen LogP contribution in [0.3, 0.4) is 0 Å². The number of nitrogens with one attached hydrogen (secondary N) is 1. The van der Waals surface area contributed by atoms with Crippen molar-refractivity contribution < 1.29 is 17.9 Å². The smallest absolute Gasteiger partial charge is 0.416 e. The molecule has 1 heterocycles. The zero-order chi connectivity index (χ0) is 17.2. The van der Waals surface area contributed by atoms with E-state index >= 15 is 0 Å². The molecule has 0 bridgehead atoms. The molecule has 8 heteroatoms. The van der Waals surface area contributed by atoms with Crippen LogP contribution in [0.5, 0.6) is 5.75 Å². The second-order valence-corrected chi connectivity index (χ2v) is 5.32. The summed E-state index contributed by atoms with van der Waals surface area (Å²) < 4.78 is 45.9. The number of rotatable bonds is 4. The summed E-state index contributed by atoms with van der Waals surface area (Å²) >= 11 is 5.13. The first-order chi connectivity index (χ1) is 11.4. The van der Waals surface area contributed by atoms with E-state index in [1.807, 2.05) is 18.2 Å². The number of ether oxygens (including phenoxy) is 1. The Hall–Kier alpha value is -2.61. The second-order valence-electron chi connectivity index (χ2n) is 4.93. The molecule has 0 saturated carbocycles. The van der Waals surface area contributed by atoms with E-state index in [0.717, 1.165) is 12.1 Å². The van der Waals surface area contributed by atoms with E-state index in [1.165, 1.54) is 16.7 Å². The van der Waals surface area contributed by atoms with Crippen LogP contribution in [-0.4, -0.2) is 14.8 Å². The largest absolute Gasteiger partial charge is 0.486 e. The van der Waals surface area contributed by atoms with Crippen molar-refractivity contribution in [3.8, 4) is 11.4 Å². The highest BCUT2D eigenvalue weighted by Crippen LogP contribution is 2.30. The van der Waals surface area contributed by atoms with E-state index in [1.54, 1.807) is 12.1 Å². The van der Waals surface area contributed by atoms with Crippen LogP contribution in [-0.2, 0) is 12.8 Å². The van der Waals surface area contributed by atoms with E-state index in [9.17, 15) is 13.2 Å². The summed E-state index contributed by atoms with van der Waals surface area (Å²) in [5.74, 6) is 1.00. The minimum absolute atomic E-state index is 0.0629. The zero-order valence-corrected chi connectivity index (χ0v) is 13.1. The van der Waals surface area contributed by atoms with E-state index in [-0.39, 0.29) is 17.1 Å². The number of aromatic nitrogens is 3. The molecule has 1 aromatic heterocycles. The van der Waals surface area contributed by atoms with Gasteiger partial charge in [-0.1, -0.05) is 24.3 Å². The van der Waals surface area contributed by atoms with Crippen molar-refractivity contribution in [3.63, 3.8) is 0 Å². The van der Waals surface area contributed by atoms with E-state index in [2.05, 4.69) is 10.2 Å². The molecule has 0 amide bonds. The summed E-state index contributed by atoms with van der Waals surface area (Å²) in [7, 11) is 0. The van der Waals surface area contributed by atoms with Crippen LogP contribution in [0.2, 0.25) is 0 Å². The number of aromatic amines is 1. The third kappa shape index (κ3) is 3.48. The summed E-state index contributed by atoms with van der Waals surface area (Å²) in [5.41, 5.74) is -0.478. The van der Waals surface area contributed by atoms with Gasteiger partial charge in [-0.15, -0.1) is 0 Å². The van der Waals surface area contributed by atoms with Gasteiger partial charge < -0.3 is 4.74 Å². The molecule has 24 heavy (non-hydrogen) atoms. The number of hydrogen-bond acceptors (Lipinski definition) is 3. The minimum atomic E-state index is -4.43. The molecule has 3 aromatic rings. The third-order valence-corrected chi connectivity index (χ3v) is 3.56. The van der Waals surface area contributed by atoms with Crippen LogP contribution in [0.1, 0.15) is 11.4 Å². The summed E-state index contributed by atoms with van der Waals surface area (Å²) in [4.78, 5) is 0. The third-order valence-electron chi connectivity index (χ3n) is 3.28. The Labute approximate surface area is 140 Å². The molecule has 3 rings (SSSR count). The first-order valence-corrected chi connectivity index (χ1v) is 7.38. The molecule has 0 aliphatic rings. The monoisotopic (exact) mass is 351 g/mol. The molecule has 0 saturated heterocycles. The van der Waals surface area contributed by atoms with Crippen molar-refractivity contribution >= 4 is 12.2 Å². The van der Waals surface area contributed by atoms with E-state index in [0.29, 0.717) is 11.6 Å². The Morgan fingerprint density at radius 2 is 1.83 bits per heavy atom. The van der Waals surface area contributed by atoms with Gasteiger partial charge in [0.1, 0.15) is 12.4 Å². The molecule has 4 nitrogen and oxygen atoms in total. The Balaban J connectivity index is 1.92. The van der Waals surface area contributed by atoms with E-state index in [4.69, 9.17) is 17.0 Å². The molecular weight excluding hydrogens is 339 g/mol. The van der Waals surface area contributed by atoms with Gasteiger partial charge in [0.05, 0.1) is 11.3 Å². The van der Waals surface area contributed by atoms with Crippen LogP contribution >= 0.6 is 12.2 Å². The summed E-state index contributed by atoms with van der Waals surface area (Å²) in [6.07, 6.45) is -4.43. The van der Waals surface area contributed by atoms with Gasteiger partial charge in [0.15, 0.2) is 10.6 Å². The fourth-order valence-electron chi connectivity index (χ4n) is 2.18. The minimum Gasteiger partial charge on any atom is -0.486 e. The molecule has 0 radical (unpaired) electrons. The highest BCUT2D eigenvalue weighted by Gasteiger charge is 2.30. The Bertz CT molecular complexity index is 887. The molecule has 0 aliphatic heterocycles. The average molecular weight is 351 g/mol. The Morgan fingerprint density at radius 1 is 1.08 bits per heavy atom. The van der Waals surface area contributed by atoms with Crippen molar-refractivity contribution in [3.05, 3.63) is 70.8 Å². The number of alkyl halides is 3. The zero-order valence-electron chi connectivity index (χ0n) is 12.2. The molecule has 0 fully saturated rings. The molecule has 1 N–H and O–H groups in total. The summed E-state index contributed by atoms with van der Waals surface area (Å²) in [5, 5.41) is 6.62. The number of para-hydroxylation sites is 1. The predicted octanol–water partition coefficient (Wildman–Crippen LogP) is 4.53. The van der Waals surface area contributed by atoms with Crippen LogP contribution in [0, 0.1) is 4.77 Å². The highest BCUT2D eigenvalue weighted by molar-refractivity contribution is 7.71. The Kier molecular flexibility index (Phi) is 4.39. The number of H-pyrrole nitrogens is 1. The number of nitrogens with zero attached hydrogens (tertiary/aromatic N) is 2. The lowest BCUT2D eigenvalue weighted by Gasteiger charge is -2.11. The molecule has 124 valence electrons. The maximum atomic E-state index is 12.9. The first kappa shape index (κ1) is 16.3. The highest BCUT2D eigenvalue weighted by atomic mass is 32.1. The van der Waals surface area contributed by atoms with Crippen molar-refractivity contribution in [2.75, 3.05) is 0 Å². The van der Waals surface area contributed by atoms with Gasteiger partial charge in [-0.05, 0) is 42.5 Å². The van der Waals surface area contributed by atoms with Crippen LogP contribution in [0.15, 0.2) is 54.6 Å². The van der Waals surface area contributed by atoms with Crippen LogP contribution < -0.4 is 4.74 Å². The lowest BCUT2D eigenvalue weighted by Crippen LogP contribution is -2.09. The van der Waals surface area contributed by atoms with Crippen molar-refractivity contribution in [1.29, 1.82) is 0 Å². The number of benzene rings is 2. The van der Waals surface area contributed by atoms with Gasteiger partial charge in [-0.25, -0.2) is 0 Å². The molecule has 0 spiro atoms. The van der Waals surface area contributed by atoms with Gasteiger partial charge in [0.2, 0.25) is 0 Å². The first-order valence-electron chi connectivity index (χ1n) is 6.97. The van der Waals surface area contributed by atoms with Gasteiger partial charge >= 0.3 is 6.18 Å². The quantitative estimate of drug-likeness (QED) is 0.703. The lowest BCUT2D eigenvalue weighted by atomic mass is 10.2. The van der Waals surface area contributed by atoms with Crippen molar-refractivity contribution in [1.82, 2.24) is 14.8 Å². The topological polar surface area (TPSA) is 42.8 Å². The summed E-state index contributed by atoms with van der Waals surface area (Å²) in [6, 6.07) is 13.9. The Morgan fingerprint density at radius 3 is 2.54 bits per heavy atom. The van der Waals surface area contributed by atoms with Gasteiger partial charge in [-0.3, -0.25) is 9.67 Å². The van der Waals surface area contributed by atoms with Crippen molar-refractivity contribution in [2.45, 2.75) is 12.8 Å². The maximum Gasteiger partial charge on any atom is 0.416 e. The molecule has 2 aromatic carbocycles. The molecular formula is C16H12F3N3OS. The molecule has 0 unspecified atom stereocenters. The van der Waals surface area contributed by atoms with Gasteiger partial charge in [-0.2, -0.15) is 18.3 Å². The summed E-state index contributed by atoms with van der Waals surface area (Å²) in [6.45, 7) is 0.0629. The second kappa shape index (κ2) is 6.48.